The van der Waals surface area contributed by atoms with Gasteiger partial charge in [0.2, 0.25) is 0 Å². The monoisotopic (exact) mass is 385 g/mol. The molecule has 0 saturated carbocycles. The van der Waals surface area contributed by atoms with E-state index in [4.69, 9.17) is 0 Å². The molecule has 0 atom stereocenters. The number of hydrogen-bond donors (Lipinski definition) is 2. The lowest BCUT2D eigenvalue weighted by Crippen LogP contribution is -2.15. The first-order valence-electron chi connectivity index (χ1n) is 7.97. The second-order valence-corrected chi connectivity index (χ2v) is 7.44. The number of sulfonamides is 1. The van der Waals surface area contributed by atoms with E-state index in [1.807, 2.05) is 13.0 Å². The van der Waals surface area contributed by atoms with E-state index in [-0.39, 0.29) is 10.6 Å². The highest BCUT2D eigenvalue weighted by Crippen LogP contribution is 2.17. The van der Waals surface area contributed by atoms with Gasteiger partial charge in [-0.1, -0.05) is 6.07 Å². The summed E-state index contributed by atoms with van der Waals surface area (Å²) >= 11 is 0. The molecular weight excluding hydrogens is 369 g/mol. The van der Waals surface area contributed by atoms with E-state index in [0.29, 0.717) is 11.4 Å². The van der Waals surface area contributed by atoms with Crippen molar-refractivity contribution >= 4 is 27.4 Å². The molecule has 0 radical (unpaired) electrons. The van der Waals surface area contributed by atoms with Crippen LogP contribution in [0.25, 0.3) is 0 Å². The van der Waals surface area contributed by atoms with Crippen molar-refractivity contribution < 1.29 is 17.6 Å². The summed E-state index contributed by atoms with van der Waals surface area (Å²) in [6, 6.07) is 15.7. The van der Waals surface area contributed by atoms with Crippen LogP contribution in [0.2, 0.25) is 0 Å². The third-order valence-electron chi connectivity index (χ3n) is 3.65. The number of carbonyl (C=O) groups excluding carboxylic acids is 1. The number of halogens is 1. The van der Waals surface area contributed by atoms with Crippen LogP contribution >= 0.6 is 0 Å². The first-order chi connectivity index (χ1) is 12.8. The standard InChI is InChI=1S/C19H16FN3O3S/c1-13-3-2-4-18(21-13)22-19(24)14-5-11-17(12-6-14)27(25,26)23-16-9-7-15(20)8-10-16/h2-12,23H,1H3,(H,21,22,24). The third-order valence-corrected chi connectivity index (χ3v) is 5.05. The van der Waals surface area contributed by atoms with Gasteiger partial charge in [-0.05, 0) is 67.6 Å². The number of nitrogens with one attached hydrogen (secondary N) is 2. The number of nitrogens with zero attached hydrogens (tertiary/aromatic N) is 1. The summed E-state index contributed by atoms with van der Waals surface area (Å²) in [6.45, 7) is 1.81. The summed E-state index contributed by atoms with van der Waals surface area (Å²) in [5, 5.41) is 2.65. The highest BCUT2D eigenvalue weighted by atomic mass is 32.2. The molecule has 8 heteroatoms. The van der Waals surface area contributed by atoms with Crippen molar-refractivity contribution in [1.82, 2.24) is 4.98 Å². The number of anilines is 2. The Labute approximate surface area is 156 Å². The number of pyridine rings is 1. The van der Waals surface area contributed by atoms with Crippen LogP contribution in [0.15, 0.2) is 71.6 Å². The Bertz CT molecular complexity index is 1070. The molecule has 138 valence electrons. The molecule has 0 spiro atoms. The molecule has 3 aromatic rings. The van der Waals surface area contributed by atoms with E-state index in [9.17, 15) is 17.6 Å². The Morgan fingerprint density at radius 3 is 2.26 bits per heavy atom. The number of hydrogen-bond acceptors (Lipinski definition) is 4. The van der Waals surface area contributed by atoms with E-state index < -0.39 is 21.7 Å². The van der Waals surface area contributed by atoms with E-state index in [1.54, 1.807) is 12.1 Å². The number of benzene rings is 2. The number of amides is 1. The van der Waals surface area contributed by atoms with Crippen molar-refractivity contribution in [1.29, 1.82) is 0 Å². The molecule has 0 aliphatic rings. The average Bonchev–Trinajstić information content (AvgIpc) is 2.63. The Balaban J connectivity index is 1.73. The fourth-order valence-electron chi connectivity index (χ4n) is 2.32. The summed E-state index contributed by atoms with van der Waals surface area (Å²) in [6.07, 6.45) is 0. The number of aromatic nitrogens is 1. The zero-order valence-electron chi connectivity index (χ0n) is 14.3. The molecule has 0 aliphatic heterocycles. The van der Waals surface area contributed by atoms with Gasteiger partial charge >= 0.3 is 0 Å². The molecule has 1 amide bonds. The summed E-state index contributed by atoms with van der Waals surface area (Å²) < 4.78 is 40.0. The van der Waals surface area contributed by atoms with Crippen LogP contribution in [0.1, 0.15) is 16.1 Å². The lowest BCUT2D eigenvalue weighted by atomic mass is 10.2. The molecule has 3 rings (SSSR count). The SMILES string of the molecule is Cc1cccc(NC(=O)c2ccc(S(=O)(=O)Nc3ccc(F)cc3)cc2)n1. The molecule has 0 fully saturated rings. The van der Waals surface area contributed by atoms with Crippen molar-refractivity contribution in [2.24, 2.45) is 0 Å². The first-order valence-corrected chi connectivity index (χ1v) is 9.45. The quantitative estimate of drug-likeness (QED) is 0.703. The number of aryl methyl sites for hydroxylation is 1. The van der Waals surface area contributed by atoms with Crippen molar-refractivity contribution in [2.75, 3.05) is 10.0 Å². The maximum atomic E-state index is 12.9. The second kappa shape index (κ2) is 7.55. The fraction of sp³-hybridized carbons (Fsp3) is 0.0526. The molecule has 1 heterocycles. The molecule has 2 aromatic carbocycles. The average molecular weight is 385 g/mol. The van der Waals surface area contributed by atoms with Crippen molar-refractivity contribution in [3.05, 3.63) is 83.8 Å². The van der Waals surface area contributed by atoms with Gasteiger partial charge in [0.25, 0.3) is 15.9 Å². The smallest absolute Gasteiger partial charge is 0.261 e. The molecule has 2 N–H and O–H groups in total. The van der Waals surface area contributed by atoms with Gasteiger partial charge in [0.1, 0.15) is 11.6 Å². The van der Waals surface area contributed by atoms with Crippen LogP contribution in [-0.4, -0.2) is 19.3 Å². The van der Waals surface area contributed by atoms with Gasteiger partial charge in [-0.3, -0.25) is 9.52 Å². The van der Waals surface area contributed by atoms with Gasteiger partial charge in [-0.25, -0.2) is 17.8 Å². The minimum Gasteiger partial charge on any atom is -0.307 e. The Kier molecular flexibility index (Phi) is 5.18. The molecule has 27 heavy (non-hydrogen) atoms. The van der Waals surface area contributed by atoms with E-state index >= 15 is 0 Å². The molecule has 0 bridgehead atoms. The highest BCUT2D eigenvalue weighted by Gasteiger charge is 2.15. The lowest BCUT2D eigenvalue weighted by molar-refractivity contribution is 0.102. The molecule has 0 saturated heterocycles. The lowest BCUT2D eigenvalue weighted by Gasteiger charge is -2.09. The topological polar surface area (TPSA) is 88.2 Å². The second-order valence-electron chi connectivity index (χ2n) is 5.76. The van der Waals surface area contributed by atoms with Crippen molar-refractivity contribution in [3.63, 3.8) is 0 Å². The van der Waals surface area contributed by atoms with Crippen molar-refractivity contribution in [2.45, 2.75) is 11.8 Å². The summed E-state index contributed by atoms with van der Waals surface area (Å²) in [5.41, 5.74) is 1.30. The van der Waals surface area contributed by atoms with Crippen LogP contribution in [0.4, 0.5) is 15.9 Å². The van der Waals surface area contributed by atoms with Crippen LogP contribution in [-0.2, 0) is 10.0 Å². The van der Waals surface area contributed by atoms with Gasteiger partial charge in [0.15, 0.2) is 0 Å². The maximum Gasteiger partial charge on any atom is 0.261 e. The van der Waals surface area contributed by atoms with Crippen molar-refractivity contribution in [3.8, 4) is 0 Å². The van der Waals surface area contributed by atoms with E-state index in [2.05, 4.69) is 15.0 Å². The molecular formula is C19H16FN3O3S. The van der Waals surface area contributed by atoms with Gasteiger partial charge in [-0.2, -0.15) is 0 Å². The molecule has 0 aliphatic carbocycles. The third kappa shape index (κ3) is 4.68. The predicted octanol–water partition coefficient (Wildman–Crippen LogP) is 3.58. The zero-order chi connectivity index (χ0) is 19.4. The zero-order valence-corrected chi connectivity index (χ0v) is 15.1. The number of carbonyl (C=O) groups is 1. The van der Waals surface area contributed by atoms with Crippen LogP contribution in [0.5, 0.6) is 0 Å². The van der Waals surface area contributed by atoms with E-state index in [0.717, 1.165) is 17.8 Å². The van der Waals surface area contributed by atoms with Gasteiger partial charge in [0.05, 0.1) is 4.90 Å². The minimum absolute atomic E-state index is 0.0166. The normalized spacial score (nSPS) is 11.0. The summed E-state index contributed by atoms with van der Waals surface area (Å²) in [7, 11) is -3.85. The molecule has 6 nitrogen and oxygen atoms in total. The Hall–Kier alpha value is -3.26. The fourth-order valence-corrected chi connectivity index (χ4v) is 3.38. The maximum absolute atomic E-state index is 12.9. The van der Waals surface area contributed by atoms with Crippen LogP contribution in [0.3, 0.4) is 0 Å². The van der Waals surface area contributed by atoms with Crippen LogP contribution in [0, 0.1) is 12.7 Å². The van der Waals surface area contributed by atoms with Gasteiger partial charge in [0, 0.05) is 16.9 Å². The summed E-state index contributed by atoms with van der Waals surface area (Å²) in [4.78, 5) is 16.4. The Morgan fingerprint density at radius 2 is 1.63 bits per heavy atom. The highest BCUT2D eigenvalue weighted by molar-refractivity contribution is 7.92. The predicted molar refractivity (Wildman–Crippen MR) is 101 cm³/mol. The molecule has 1 aromatic heterocycles. The first kappa shape index (κ1) is 18.5. The molecule has 0 unspecified atom stereocenters. The Morgan fingerprint density at radius 1 is 0.963 bits per heavy atom. The van der Waals surface area contributed by atoms with Crippen LogP contribution < -0.4 is 10.0 Å². The van der Waals surface area contributed by atoms with E-state index in [1.165, 1.54) is 36.4 Å². The van der Waals surface area contributed by atoms with Gasteiger partial charge in [-0.15, -0.1) is 0 Å². The number of rotatable bonds is 5. The summed E-state index contributed by atoms with van der Waals surface area (Å²) in [5.74, 6) is -0.449. The minimum atomic E-state index is -3.85. The largest absolute Gasteiger partial charge is 0.307 e. The van der Waals surface area contributed by atoms with Gasteiger partial charge < -0.3 is 5.32 Å².